The molecule has 6 rings (SSSR count). The zero-order valence-electron chi connectivity index (χ0n) is 34.0. The SMILES string of the molecule is CCOC(=O)N[C@@H](c1ccccc1)[C@@H](O)C(=O)O[C@H]1C[C@@]2(O)[C@@H](OC(=O)c3ccccc3)[C@@H]3[C@]4(OC(C)=O)CO[C@@H]4C[C@H](O)[C@@]3(C)C(=O)[C@H](OC(C)=O)C(=C1C)C2(C)C. The molecule has 4 aliphatic rings. The molecule has 0 radical (unpaired) electrons. The highest BCUT2D eigenvalue weighted by atomic mass is 16.6. The molecule has 16 heteroatoms. The molecule has 16 nitrogen and oxygen atoms in total. The van der Waals surface area contributed by atoms with E-state index in [4.69, 9.17) is 28.4 Å². The van der Waals surface area contributed by atoms with Crippen LogP contribution in [0.5, 0.6) is 0 Å². The second kappa shape index (κ2) is 16.1. The third kappa shape index (κ3) is 7.29. The summed E-state index contributed by atoms with van der Waals surface area (Å²) in [4.78, 5) is 82.2. The Morgan fingerprint density at radius 3 is 2.12 bits per heavy atom. The second-order valence-electron chi connectivity index (χ2n) is 16.4. The van der Waals surface area contributed by atoms with Gasteiger partial charge in [0.25, 0.3) is 0 Å². The van der Waals surface area contributed by atoms with Crippen molar-refractivity contribution in [3.63, 3.8) is 0 Å². The summed E-state index contributed by atoms with van der Waals surface area (Å²) in [6.45, 7) is 9.50. The van der Waals surface area contributed by atoms with Crippen molar-refractivity contribution < 1.29 is 72.5 Å². The highest BCUT2D eigenvalue weighted by Gasteiger charge is 2.78. The van der Waals surface area contributed by atoms with Crippen LogP contribution in [0.25, 0.3) is 0 Å². The lowest BCUT2D eigenvalue weighted by Gasteiger charge is -2.67. The van der Waals surface area contributed by atoms with E-state index in [1.54, 1.807) is 69.3 Å². The van der Waals surface area contributed by atoms with Crippen LogP contribution in [0.2, 0.25) is 0 Å². The van der Waals surface area contributed by atoms with Gasteiger partial charge in [0, 0.05) is 32.1 Å². The van der Waals surface area contributed by atoms with Gasteiger partial charge < -0.3 is 49.1 Å². The fourth-order valence-electron chi connectivity index (χ4n) is 9.67. The summed E-state index contributed by atoms with van der Waals surface area (Å²) in [7, 11) is 0. The summed E-state index contributed by atoms with van der Waals surface area (Å²) in [6.07, 6.45) is -11.5. The number of alkyl carbamates (subject to hydrolysis) is 1. The minimum Gasteiger partial charge on any atom is -0.456 e. The second-order valence-corrected chi connectivity index (χ2v) is 16.4. The first-order valence-electron chi connectivity index (χ1n) is 19.5. The Hall–Kier alpha value is -5.16. The zero-order valence-corrected chi connectivity index (χ0v) is 34.0. The standard InChI is InChI=1S/C43H51NO15/c1-8-54-39(52)44-31(25-15-11-9-12-16-25)32(48)38(51)57-27-20-43(53)36(58-37(50)26-17-13-10-14-18-26)34-41(7,28(47)19-29-42(34,21-55-29)59-24(4)46)35(49)33(56-23(3)45)30(22(27)2)40(43,5)6/h9-18,27-29,31-34,36,47-48,53H,8,19-21H2,1-7H3,(H,44,52)/t27-,28-,29+,31-,32+,33+,34-,36-,41+,42-,43+/m0/s1. The molecule has 11 atom stereocenters. The number of hydrogen-bond donors (Lipinski definition) is 4. The Morgan fingerprint density at radius 2 is 1.56 bits per heavy atom. The maximum atomic E-state index is 15.4. The van der Waals surface area contributed by atoms with Crippen LogP contribution in [0.4, 0.5) is 4.79 Å². The number of Topliss-reactive ketones (excluding diaryl/α,β-unsaturated/α-hetero) is 1. The molecule has 1 amide bonds. The van der Waals surface area contributed by atoms with E-state index in [0.29, 0.717) is 5.56 Å². The summed E-state index contributed by atoms with van der Waals surface area (Å²) in [5, 5.41) is 39.6. The molecule has 3 aliphatic carbocycles. The number of hydrogen-bond acceptors (Lipinski definition) is 15. The van der Waals surface area contributed by atoms with Gasteiger partial charge in [0.05, 0.1) is 42.3 Å². The van der Waals surface area contributed by atoms with Crippen molar-refractivity contribution in [1.29, 1.82) is 0 Å². The third-order valence-electron chi connectivity index (χ3n) is 12.7. The van der Waals surface area contributed by atoms with Gasteiger partial charge in [0.15, 0.2) is 23.6 Å². The molecule has 2 aromatic rings. The Bertz CT molecular complexity index is 2020. The fourth-order valence-corrected chi connectivity index (χ4v) is 9.67. The largest absolute Gasteiger partial charge is 0.456 e. The lowest BCUT2D eigenvalue weighted by atomic mass is 9.44. The van der Waals surface area contributed by atoms with E-state index < -0.39 is 113 Å². The minimum absolute atomic E-state index is 0.00198. The van der Waals surface area contributed by atoms with Crippen molar-refractivity contribution >= 4 is 35.8 Å². The van der Waals surface area contributed by atoms with Gasteiger partial charge in [-0.1, -0.05) is 62.4 Å². The third-order valence-corrected chi connectivity index (χ3v) is 12.7. The number of aliphatic hydroxyl groups excluding tert-OH is 2. The van der Waals surface area contributed by atoms with Crippen LogP contribution in [-0.4, -0.2) is 112 Å². The summed E-state index contributed by atoms with van der Waals surface area (Å²) in [6, 6.07) is 14.5. The van der Waals surface area contributed by atoms with Crippen LogP contribution in [0, 0.1) is 16.7 Å². The molecule has 2 aromatic carbocycles. The first kappa shape index (κ1) is 43.4. The highest BCUT2D eigenvalue weighted by Crippen LogP contribution is 2.64. The number of benzene rings is 2. The van der Waals surface area contributed by atoms with Gasteiger partial charge in [-0.3, -0.25) is 14.4 Å². The lowest BCUT2D eigenvalue weighted by Crippen LogP contribution is -2.82. The van der Waals surface area contributed by atoms with Gasteiger partial charge in [-0.05, 0) is 49.6 Å². The molecule has 1 heterocycles. The average Bonchev–Trinajstić information content (AvgIpc) is 3.18. The average molecular weight is 822 g/mol. The molecule has 2 bridgehead atoms. The molecule has 1 aliphatic heterocycles. The normalized spacial score (nSPS) is 32.9. The van der Waals surface area contributed by atoms with Crippen LogP contribution < -0.4 is 5.32 Å². The van der Waals surface area contributed by atoms with E-state index in [2.05, 4.69) is 5.32 Å². The lowest BCUT2D eigenvalue weighted by molar-refractivity contribution is -0.346. The van der Waals surface area contributed by atoms with E-state index in [-0.39, 0.29) is 36.3 Å². The topological polar surface area (TPSA) is 231 Å². The number of carbonyl (C=O) groups is 6. The number of aliphatic hydroxyl groups is 3. The Balaban J connectivity index is 1.55. The van der Waals surface area contributed by atoms with Gasteiger partial charge in [-0.2, -0.15) is 0 Å². The van der Waals surface area contributed by atoms with Crippen LogP contribution in [0.3, 0.4) is 0 Å². The number of rotatable bonds is 10. The molecule has 4 N–H and O–H groups in total. The van der Waals surface area contributed by atoms with Crippen LogP contribution in [0.15, 0.2) is 71.8 Å². The van der Waals surface area contributed by atoms with Crippen LogP contribution in [0.1, 0.15) is 83.3 Å². The van der Waals surface area contributed by atoms with Crippen molar-refractivity contribution in [1.82, 2.24) is 5.32 Å². The highest BCUT2D eigenvalue weighted by molar-refractivity contribution is 5.95. The monoisotopic (exact) mass is 821 g/mol. The van der Waals surface area contributed by atoms with Gasteiger partial charge in [-0.25, -0.2) is 14.4 Å². The van der Waals surface area contributed by atoms with Crippen molar-refractivity contribution in [2.24, 2.45) is 16.7 Å². The predicted molar refractivity (Wildman–Crippen MR) is 204 cm³/mol. The molecule has 0 spiro atoms. The minimum atomic E-state index is -2.39. The van der Waals surface area contributed by atoms with Crippen molar-refractivity contribution in [2.45, 2.75) is 115 Å². The molecule has 0 unspecified atom stereocenters. The summed E-state index contributed by atoms with van der Waals surface area (Å²) < 4.78 is 35.1. The number of carbonyl (C=O) groups excluding carboxylic acids is 6. The maximum absolute atomic E-state index is 15.4. The predicted octanol–water partition coefficient (Wildman–Crippen LogP) is 3.05. The molecule has 3 fully saturated rings. The van der Waals surface area contributed by atoms with Gasteiger partial charge >= 0.3 is 30.0 Å². The molecular weight excluding hydrogens is 770 g/mol. The van der Waals surface area contributed by atoms with E-state index in [1.165, 1.54) is 26.0 Å². The van der Waals surface area contributed by atoms with Crippen molar-refractivity contribution in [3.8, 4) is 0 Å². The number of nitrogens with one attached hydrogen (secondary N) is 1. The van der Waals surface area contributed by atoms with E-state index in [1.807, 2.05) is 0 Å². The van der Waals surface area contributed by atoms with Crippen LogP contribution >= 0.6 is 0 Å². The fraction of sp³-hybridized carbons (Fsp3) is 0.535. The van der Waals surface area contributed by atoms with Crippen molar-refractivity contribution in [3.05, 3.63) is 82.9 Å². The Labute approximate surface area is 341 Å². The van der Waals surface area contributed by atoms with E-state index >= 15 is 4.79 Å². The number of esters is 4. The van der Waals surface area contributed by atoms with Crippen LogP contribution in [-0.2, 0) is 47.6 Å². The molecule has 318 valence electrons. The number of amides is 1. The summed E-state index contributed by atoms with van der Waals surface area (Å²) >= 11 is 0. The number of ketones is 1. The zero-order chi connectivity index (χ0) is 43.2. The van der Waals surface area contributed by atoms with E-state index in [0.717, 1.165) is 13.8 Å². The Kier molecular flexibility index (Phi) is 11.9. The first-order chi connectivity index (χ1) is 27.7. The molecule has 2 saturated carbocycles. The first-order valence-corrected chi connectivity index (χ1v) is 19.5. The van der Waals surface area contributed by atoms with E-state index in [9.17, 15) is 39.3 Å². The molecule has 1 saturated heterocycles. The Morgan fingerprint density at radius 1 is 0.932 bits per heavy atom. The van der Waals surface area contributed by atoms with Gasteiger partial charge in [-0.15, -0.1) is 0 Å². The smallest absolute Gasteiger partial charge is 0.407 e. The quantitative estimate of drug-likeness (QED) is 0.153. The van der Waals surface area contributed by atoms with Gasteiger partial charge in [0.1, 0.15) is 23.9 Å². The summed E-state index contributed by atoms with van der Waals surface area (Å²) in [5.74, 6) is -6.29. The summed E-state index contributed by atoms with van der Waals surface area (Å²) in [5.41, 5.74) is -7.33. The number of ether oxygens (including phenoxy) is 6. The van der Waals surface area contributed by atoms with Crippen molar-refractivity contribution in [2.75, 3.05) is 13.2 Å². The number of fused-ring (bicyclic) bond motifs is 5. The molecule has 59 heavy (non-hydrogen) atoms. The maximum Gasteiger partial charge on any atom is 0.407 e. The molecular formula is C43H51NO15. The van der Waals surface area contributed by atoms with Gasteiger partial charge in [0.2, 0.25) is 0 Å². The molecule has 0 aromatic heterocycles.